The van der Waals surface area contributed by atoms with Crippen molar-refractivity contribution in [2.24, 2.45) is 0 Å². The average Bonchev–Trinajstić information content (AvgIpc) is 2.68. The third-order valence-electron chi connectivity index (χ3n) is 3.83. The molecule has 164 valence electrons. The largest absolute Gasteiger partial charge is 0.416 e. The Bertz CT molecular complexity index is 899. The molecule has 1 amide bonds. The summed E-state index contributed by atoms with van der Waals surface area (Å²) in [7, 11) is -3.31. The fraction of sp³-hybridized carbons (Fsp3) is 0.368. The Balaban J connectivity index is 2.09. The number of nitrogens with zero attached hydrogens (tertiary/aromatic N) is 1. The maximum absolute atomic E-state index is 12.9. The lowest BCUT2D eigenvalue weighted by Gasteiger charge is -2.17. The molecule has 2 aromatic rings. The molecule has 0 radical (unpaired) electrons. The van der Waals surface area contributed by atoms with Crippen LogP contribution in [0.1, 0.15) is 29.8 Å². The van der Waals surface area contributed by atoms with Crippen LogP contribution in [0.5, 0.6) is 0 Å². The molecule has 0 spiro atoms. The van der Waals surface area contributed by atoms with Crippen LogP contribution < -0.4 is 10.6 Å². The Labute approximate surface area is 172 Å². The number of aromatic nitrogens is 1. The van der Waals surface area contributed by atoms with E-state index in [-0.39, 0.29) is 43.0 Å². The van der Waals surface area contributed by atoms with E-state index in [1.165, 1.54) is 30.5 Å². The van der Waals surface area contributed by atoms with Crippen LogP contribution in [-0.4, -0.2) is 36.8 Å². The maximum Gasteiger partial charge on any atom is 0.416 e. The molecule has 0 saturated carbocycles. The number of hydrogen-bond donors (Lipinski definition) is 2. The predicted octanol–water partition coefficient (Wildman–Crippen LogP) is 4.84. The van der Waals surface area contributed by atoms with Gasteiger partial charge in [0.1, 0.15) is 5.82 Å². The van der Waals surface area contributed by atoms with Crippen molar-refractivity contribution in [1.29, 1.82) is 0 Å². The van der Waals surface area contributed by atoms with Crippen LogP contribution in [0.15, 0.2) is 42.6 Å². The molecule has 11 heteroatoms. The average molecular weight is 445 g/mol. The highest BCUT2D eigenvalue weighted by Crippen LogP contribution is 2.47. The van der Waals surface area contributed by atoms with Gasteiger partial charge >= 0.3 is 13.8 Å². The van der Waals surface area contributed by atoms with E-state index in [1.54, 1.807) is 13.8 Å². The molecule has 2 rings (SSSR count). The summed E-state index contributed by atoms with van der Waals surface area (Å²) in [6, 6.07) is 7.57. The maximum atomic E-state index is 12.9. The van der Waals surface area contributed by atoms with Crippen LogP contribution in [0.3, 0.4) is 0 Å². The SMILES string of the molecule is CCOP(=O)(CCNC(=O)c1cccnc1Nc1cccc(C(F)(F)F)c1)OCC. The van der Waals surface area contributed by atoms with Crippen molar-refractivity contribution < 1.29 is 31.6 Å². The highest BCUT2D eigenvalue weighted by Gasteiger charge is 2.30. The molecule has 1 aromatic carbocycles. The highest BCUT2D eigenvalue weighted by atomic mass is 31.2. The molecule has 1 heterocycles. The van der Waals surface area contributed by atoms with Gasteiger partial charge in [0.05, 0.1) is 30.5 Å². The summed E-state index contributed by atoms with van der Waals surface area (Å²) in [5.74, 6) is -0.441. The number of halogens is 3. The third kappa shape index (κ3) is 6.83. The smallest absolute Gasteiger partial charge is 0.351 e. The van der Waals surface area contributed by atoms with E-state index in [9.17, 15) is 22.5 Å². The van der Waals surface area contributed by atoms with E-state index >= 15 is 0 Å². The standard InChI is InChI=1S/C19H23F3N3O4P/c1-3-28-30(27,29-4-2)12-11-24-18(26)16-9-6-10-23-17(16)25-15-8-5-7-14(13-15)19(20,21)22/h5-10,13H,3-4,11-12H2,1-2H3,(H,23,25)(H,24,26). The molecule has 1 aromatic heterocycles. The molecule has 30 heavy (non-hydrogen) atoms. The van der Waals surface area contributed by atoms with Crippen LogP contribution in [0.4, 0.5) is 24.7 Å². The summed E-state index contributed by atoms with van der Waals surface area (Å²) in [6.45, 7) is 3.81. The van der Waals surface area contributed by atoms with Crippen LogP contribution >= 0.6 is 7.60 Å². The summed E-state index contributed by atoms with van der Waals surface area (Å²) in [5.41, 5.74) is -0.565. The van der Waals surface area contributed by atoms with Crippen molar-refractivity contribution in [1.82, 2.24) is 10.3 Å². The van der Waals surface area contributed by atoms with Gasteiger partial charge in [-0.1, -0.05) is 6.07 Å². The van der Waals surface area contributed by atoms with Crippen molar-refractivity contribution in [3.8, 4) is 0 Å². The molecule has 0 saturated heterocycles. The fourth-order valence-electron chi connectivity index (χ4n) is 2.56. The first-order valence-corrected chi connectivity index (χ1v) is 11.0. The molecule has 2 N–H and O–H groups in total. The van der Waals surface area contributed by atoms with E-state index in [0.717, 1.165) is 12.1 Å². The van der Waals surface area contributed by atoms with Crippen molar-refractivity contribution in [2.45, 2.75) is 20.0 Å². The van der Waals surface area contributed by atoms with E-state index in [1.807, 2.05) is 0 Å². The molecular weight excluding hydrogens is 422 g/mol. The van der Waals surface area contributed by atoms with Crippen molar-refractivity contribution >= 4 is 25.0 Å². The number of amides is 1. The van der Waals surface area contributed by atoms with Crippen LogP contribution in [0, 0.1) is 0 Å². The van der Waals surface area contributed by atoms with E-state index in [4.69, 9.17) is 9.05 Å². The van der Waals surface area contributed by atoms with Gasteiger partial charge in [0.15, 0.2) is 0 Å². The Morgan fingerprint density at radius 3 is 2.47 bits per heavy atom. The number of carbonyl (C=O) groups is 1. The van der Waals surface area contributed by atoms with Crippen molar-refractivity contribution in [3.63, 3.8) is 0 Å². The molecule has 7 nitrogen and oxygen atoms in total. The minimum Gasteiger partial charge on any atom is -0.351 e. The highest BCUT2D eigenvalue weighted by molar-refractivity contribution is 7.53. The van der Waals surface area contributed by atoms with Gasteiger partial charge in [0.25, 0.3) is 5.91 Å². The first-order valence-electron chi connectivity index (χ1n) is 9.24. The summed E-state index contributed by atoms with van der Waals surface area (Å²) in [5, 5.41) is 5.34. The molecule has 0 bridgehead atoms. The molecule has 0 atom stereocenters. The molecular formula is C19H23F3N3O4P. The number of anilines is 2. The lowest BCUT2D eigenvalue weighted by molar-refractivity contribution is -0.137. The summed E-state index contributed by atoms with van der Waals surface area (Å²) in [4.78, 5) is 16.6. The van der Waals surface area contributed by atoms with E-state index in [0.29, 0.717) is 0 Å². The van der Waals surface area contributed by atoms with E-state index in [2.05, 4.69) is 15.6 Å². The predicted molar refractivity (Wildman–Crippen MR) is 107 cm³/mol. The van der Waals surface area contributed by atoms with Crippen molar-refractivity contribution in [2.75, 3.05) is 31.2 Å². The molecule has 0 fully saturated rings. The number of benzene rings is 1. The Hall–Kier alpha value is -2.42. The monoisotopic (exact) mass is 445 g/mol. The van der Waals surface area contributed by atoms with Crippen LogP contribution in [-0.2, 0) is 19.8 Å². The van der Waals surface area contributed by atoms with Crippen LogP contribution in [0.2, 0.25) is 0 Å². The second-order valence-electron chi connectivity index (χ2n) is 6.03. The summed E-state index contributed by atoms with van der Waals surface area (Å²) < 4.78 is 61.5. The van der Waals surface area contributed by atoms with Gasteiger partial charge < -0.3 is 19.7 Å². The Morgan fingerprint density at radius 1 is 1.13 bits per heavy atom. The van der Waals surface area contributed by atoms with Gasteiger partial charge in [-0.3, -0.25) is 9.36 Å². The second-order valence-corrected chi connectivity index (χ2v) is 8.21. The summed E-state index contributed by atoms with van der Waals surface area (Å²) >= 11 is 0. The first-order chi connectivity index (χ1) is 14.2. The van der Waals surface area contributed by atoms with Gasteiger partial charge in [-0.25, -0.2) is 4.98 Å². The number of nitrogens with one attached hydrogen (secondary N) is 2. The quantitative estimate of drug-likeness (QED) is 0.509. The zero-order chi connectivity index (χ0) is 22.2. The van der Waals surface area contributed by atoms with Gasteiger partial charge in [0.2, 0.25) is 0 Å². The van der Waals surface area contributed by atoms with Crippen molar-refractivity contribution in [3.05, 3.63) is 53.7 Å². The second kappa shape index (κ2) is 10.6. The lowest BCUT2D eigenvalue weighted by atomic mass is 10.2. The molecule has 0 aliphatic rings. The zero-order valence-corrected chi connectivity index (χ0v) is 17.4. The van der Waals surface area contributed by atoms with Gasteiger partial charge in [-0.15, -0.1) is 0 Å². The number of alkyl halides is 3. The topological polar surface area (TPSA) is 89.5 Å². The van der Waals surface area contributed by atoms with Gasteiger partial charge in [-0.05, 0) is 44.2 Å². The molecule has 0 aliphatic heterocycles. The zero-order valence-electron chi connectivity index (χ0n) is 16.5. The number of pyridine rings is 1. The third-order valence-corrected chi connectivity index (χ3v) is 5.90. The number of carbonyl (C=O) groups excluding carboxylic acids is 1. The van der Waals surface area contributed by atoms with E-state index < -0.39 is 25.2 Å². The summed E-state index contributed by atoms with van der Waals surface area (Å²) in [6.07, 6.45) is -3.10. The van der Waals surface area contributed by atoms with Gasteiger partial charge in [-0.2, -0.15) is 13.2 Å². The normalized spacial score (nSPS) is 11.9. The number of hydrogen-bond acceptors (Lipinski definition) is 6. The molecule has 0 aliphatic carbocycles. The van der Waals surface area contributed by atoms with Crippen LogP contribution in [0.25, 0.3) is 0 Å². The number of rotatable bonds is 10. The fourth-order valence-corrected chi connectivity index (χ4v) is 4.06. The molecule has 0 unspecified atom stereocenters. The minimum absolute atomic E-state index is 0.0168. The first kappa shape index (κ1) is 23.9. The van der Waals surface area contributed by atoms with Gasteiger partial charge in [0, 0.05) is 18.4 Å². The Kier molecular flexibility index (Phi) is 8.40. The lowest BCUT2D eigenvalue weighted by Crippen LogP contribution is -2.27. The Morgan fingerprint density at radius 2 is 1.83 bits per heavy atom. The minimum atomic E-state index is -4.49.